The third kappa shape index (κ3) is 3.11. The molecule has 0 bridgehead atoms. The summed E-state index contributed by atoms with van der Waals surface area (Å²) in [6.07, 6.45) is 0. The van der Waals surface area contributed by atoms with Gasteiger partial charge in [0.2, 0.25) is 0 Å². The van der Waals surface area contributed by atoms with Gasteiger partial charge in [-0.05, 0) is 28.9 Å². The summed E-state index contributed by atoms with van der Waals surface area (Å²) in [4.78, 5) is 0. The fourth-order valence-electron chi connectivity index (χ4n) is 1.05. The molecule has 0 heterocycles. The second-order valence-electron chi connectivity index (χ2n) is 3.32. The van der Waals surface area contributed by atoms with E-state index in [4.69, 9.17) is 10.8 Å². The quantitative estimate of drug-likeness (QED) is 0.824. The Kier molecular flexibility index (Phi) is 5.13. The molecule has 1 rings (SSSR count). The van der Waals surface area contributed by atoms with Crippen molar-refractivity contribution in [3.8, 4) is 0 Å². The number of aliphatic hydroxyl groups is 1. The van der Waals surface area contributed by atoms with Crippen LogP contribution in [0.2, 0.25) is 0 Å². The van der Waals surface area contributed by atoms with E-state index in [1.54, 1.807) is 0 Å². The van der Waals surface area contributed by atoms with Crippen molar-refractivity contribution in [1.29, 1.82) is 0 Å². The van der Waals surface area contributed by atoms with Crippen LogP contribution in [0.15, 0.2) is 16.6 Å². The Morgan fingerprint density at radius 1 is 1.40 bits per heavy atom. The van der Waals surface area contributed by atoms with Crippen molar-refractivity contribution in [3.05, 3.63) is 33.8 Å². The molecule has 1 aromatic rings. The monoisotopic (exact) mass is 301 g/mol. The van der Waals surface area contributed by atoms with Crippen LogP contribution in [0.25, 0.3) is 0 Å². The normalized spacial score (nSPS) is 14.3. The summed E-state index contributed by atoms with van der Waals surface area (Å²) in [6.45, 7) is 1.05. The highest BCUT2D eigenvalue weighted by Crippen LogP contribution is 2.26. The van der Waals surface area contributed by atoms with Gasteiger partial charge in [0.15, 0.2) is 0 Å². The van der Waals surface area contributed by atoms with Crippen LogP contribution < -0.4 is 5.73 Å². The Balaban J connectivity index is 0.00000196. The van der Waals surface area contributed by atoms with Crippen molar-refractivity contribution in [2.24, 2.45) is 5.73 Å². The summed E-state index contributed by atoms with van der Waals surface area (Å²) in [7, 11) is 0. The van der Waals surface area contributed by atoms with Crippen molar-refractivity contribution in [2.45, 2.75) is 12.5 Å². The maximum Gasteiger partial charge on any atom is 0.140 e. The lowest BCUT2D eigenvalue weighted by atomic mass is 9.94. The largest absolute Gasteiger partial charge is 0.394 e. The number of benzene rings is 1. The van der Waals surface area contributed by atoms with Gasteiger partial charge in [-0.2, -0.15) is 0 Å². The molecular formula is C9H11BrClF2NO. The molecule has 0 spiro atoms. The van der Waals surface area contributed by atoms with Crippen molar-refractivity contribution in [3.63, 3.8) is 0 Å². The smallest absolute Gasteiger partial charge is 0.140 e. The lowest BCUT2D eigenvalue weighted by molar-refractivity contribution is 0.206. The molecular weight excluding hydrogens is 291 g/mol. The first-order valence-corrected chi connectivity index (χ1v) is 4.72. The molecule has 1 unspecified atom stereocenters. The molecule has 0 aliphatic heterocycles. The van der Waals surface area contributed by atoms with Gasteiger partial charge in [-0.3, -0.25) is 0 Å². The molecule has 0 saturated carbocycles. The van der Waals surface area contributed by atoms with Gasteiger partial charge in [0.1, 0.15) is 11.6 Å². The van der Waals surface area contributed by atoms with Crippen molar-refractivity contribution in [2.75, 3.05) is 6.61 Å². The van der Waals surface area contributed by atoms with E-state index in [1.807, 2.05) is 0 Å². The molecule has 3 N–H and O–H groups in total. The Labute approximate surface area is 101 Å². The van der Waals surface area contributed by atoms with Crippen LogP contribution in [0.5, 0.6) is 0 Å². The molecule has 0 saturated heterocycles. The molecule has 0 fully saturated rings. The van der Waals surface area contributed by atoms with Gasteiger partial charge in [-0.25, -0.2) is 8.78 Å². The van der Waals surface area contributed by atoms with Crippen LogP contribution in [0, 0.1) is 11.6 Å². The molecule has 0 radical (unpaired) electrons. The maximum atomic E-state index is 13.3. The zero-order valence-corrected chi connectivity index (χ0v) is 10.3. The molecule has 15 heavy (non-hydrogen) atoms. The van der Waals surface area contributed by atoms with E-state index >= 15 is 0 Å². The predicted molar refractivity (Wildman–Crippen MR) is 59.9 cm³/mol. The molecule has 0 aliphatic rings. The highest BCUT2D eigenvalue weighted by Gasteiger charge is 2.25. The van der Waals surface area contributed by atoms with Crippen molar-refractivity contribution < 1.29 is 13.9 Å². The van der Waals surface area contributed by atoms with Crippen molar-refractivity contribution >= 4 is 28.3 Å². The van der Waals surface area contributed by atoms with E-state index in [-0.39, 0.29) is 22.4 Å². The molecule has 0 aliphatic carbocycles. The van der Waals surface area contributed by atoms with Gasteiger partial charge < -0.3 is 10.8 Å². The van der Waals surface area contributed by atoms with Crippen LogP contribution in [-0.2, 0) is 5.54 Å². The first kappa shape index (κ1) is 14.8. The van der Waals surface area contributed by atoms with Gasteiger partial charge in [0, 0.05) is 11.6 Å². The van der Waals surface area contributed by atoms with Crippen LogP contribution in [0.3, 0.4) is 0 Å². The van der Waals surface area contributed by atoms with Gasteiger partial charge in [-0.1, -0.05) is 0 Å². The van der Waals surface area contributed by atoms with E-state index in [9.17, 15) is 8.78 Å². The van der Waals surface area contributed by atoms with Crippen LogP contribution >= 0.6 is 28.3 Å². The third-order valence-electron chi connectivity index (χ3n) is 1.95. The number of rotatable bonds is 2. The molecule has 86 valence electrons. The zero-order valence-electron chi connectivity index (χ0n) is 7.93. The number of hydrogen-bond donors (Lipinski definition) is 2. The average molecular weight is 303 g/mol. The zero-order chi connectivity index (χ0) is 10.9. The summed E-state index contributed by atoms with van der Waals surface area (Å²) in [5.74, 6) is -1.45. The Morgan fingerprint density at radius 2 is 1.93 bits per heavy atom. The average Bonchev–Trinajstić information content (AvgIpc) is 2.11. The molecule has 0 amide bonds. The first-order valence-electron chi connectivity index (χ1n) is 3.93. The fourth-order valence-corrected chi connectivity index (χ4v) is 1.39. The highest BCUT2D eigenvalue weighted by molar-refractivity contribution is 9.10. The molecule has 1 aromatic carbocycles. The Bertz CT molecular complexity index is 360. The van der Waals surface area contributed by atoms with Gasteiger partial charge in [-0.15, -0.1) is 12.4 Å². The minimum atomic E-state index is -1.21. The molecule has 2 nitrogen and oxygen atoms in total. The number of nitrogens with two attached hydrogens (primary N) is 1. The number of aliphatic hydroxyl groups excluding tert-OH is 1. The van der Waals surface area contributed by atoms with Gasteiger partial charge in [0.05, 0.1) is 16.6 Å². The summed E-state index contributed by atoms with van der Waals surface area (Å²) in [5, 5.41) is 8.93. The standard InChI is InChI=1S/C9H10BrF2NO.ClH/c1-9(13,4-14)5-2-6(10)8(12)3-7(5)11;/h2-3,14H,4,13H2,1H3;1H. The number of halogens is 4. The first-order chi connectivity index (χ1) is 6.38. The van der Waals surface area contributed by atoms with Crippen LogP contribution in [0.1, 0.15) is 12.5 Å². The Morgan fingerprint density at radius 3 is 2.40 bits per heavy atom. The highest BCUT2D eigenvalue weighted by atomic mass is 79.9. The SMILES string of the molecule is CC(N)(CO)c1cc(Br)c(F)cc1F.Cl. The van der Waals surface area contributed by atoms with E-state index in [0.29, 0.717) is 0 Å². The predicted octanol–water partition coefficient (Wildman–Crippen LogP) is 2.32. The molecule has 6 heteroatoms. The van der Waals surface area contributed by atoms with Gasteiger partial charge >= 0.3 is 0 Å². The lowest BCUT2D eigenvalue weighted by Crippen LogP contribution is -2.38. The van der Waals surface area contributed by atoms with Crippen LogP contribution in [0.4, 0.5) is 8.78 Å². The van der Waals surface area contributed by atoms with Crippen molar-refractivity contribution in [1.82, 2.24) is 0 Å². The topological polar surface area (TPSA) is 46.2 Å². The lowest BCUT2D eigenvalue weighted by Gasteiger charge is -2.23. The molecule has 0 aromatic heterocycles. The molecule has 1 atom stereocenters. The number of hydrogen-bond acceptors (Lipinski definition) is 2. The minimum absolute atomic E-state index is 0. The minimum Gasteiger partial charge on any atom is -0.394 e. The maximum absolute atomic E-state index is 13.3. The third-order valence-corrected chi connectivity index (χ3v) is 2.56. The summed E-state index contributed by atoms with van der Waals surface area (Å²) < 4.78 is 26.2. The van der Waals surface area contributed by atoms with Gasteiger partial charge in [0.25, 0.3) is 0 Å². The fraction of sp³-hybridized carbons (Fsp3) is 0.333. The summed E-state index contributed by atoms with van der Waals surface area (Å²) in [5.41, 5.74) is 4.49. The van der Waals surface area contributed by atoms with E-state index in [0.717, 1.165) is 6.07 Å². The second kappa shape index (κ2) is 5.21. The van der Waals surface area contributed by atoms with E-state index in [2.05, 4.69) is 15.9 Å². The Hall–Kier alpha value is -0.230. The summed E-state index contributed by atoms with van der Waals surface area (Å²) >= 11 is 2.92. The summed E-state index contributed by atoms with van der Waals surface area (Å²) in [6, 6.07) is 1.97. The second-order valence-corrected chi connectivity index (χ2v) is 4.18. The van der Waals surface area contributed by atoms with E-state index in [1.165, 1.54) is 13.0 Å². The van der Waals surface area contributed by atoms with E-state index < -0.39 is 23.8 Å². The van der Waals surface area contributed by atoms with Crippen LogP contribution in [-0.4, -0.2) is 11.7 Å².